The number of anilines is 1. The lowest BCUT2D eigenvalue weighted by atomic mass is 10.0. The van der Waals surface area contributed by atoms with Crippen LogP contribution in [0.5, 0.6) is 0 Å². The third kappa shape index (κ3) is 4.58. The molecule has 0 saturated carbocycles. The fourth-order valence-corrected chi connectivity index (χ4v) is 1.57. The number of hydrogen-bond donors (Lipinski definition) is 6. The van der Waals surface area contributed by atoms with Crippen LogP contribution < -0.4 is 5.32 Å². The van der Waals surface area contributed by atoms with Crippen LogP contribution in [0.3, 0.4) is 0 Å². The summed E-state index contributed by atoms with van der Waals surface area (Å²) in [5.41, 5.74) is -0.310. The van der Waals surface area contributed by atoms with Crippen molar-refractivity contribution in [2.24, 2.45) is 0 Å². The molecule has 1 aromatic heterocycles. The van der Waals surface area contributed by atoms with E-state index in [-0.39, 0.29) is 18.1 Å². The molecule has 6 N–H and O–H groups in total. The Morgan fingerprint density at radius 2 is 1.86 bits per heavy atom. The van der Waals surface area contributed by atoms with Crippen LogP contribution in [-0.4, -0.2) is 73.0 Å². The van der Waals surface area contributed by atoms with E-state index in [2.05, 4.69) is 10.3 Å². The molecule has 1 rings (SSSR count). The summed E-state index contributed by atoms with van der Waals surface area (Å²) in [6.45, 7) is -1.14. The van der Waals surface area contributed by atoms with Gasteiger partial charge >= 0.3 is 5.69 Å². The molecule has 0 aromatic carbocycles. The van der Waals surface area contributed by atoms with Gasteiger partial charge in [-0.05, 0) is 6.07 Å². The number of aliphatic hydroxyl groups is 5. The van der Waals surface area contributed by atoms with E-state index in [9.17, 15) is 25.4 Å². The third-order valence-electron chi connectivity index (χ3n) is 2.79. The van der Waals surface area contributed by atoms with Crippen molar-refractivity contribution in [3.63, 3.8) is 0 Å². The molecule has 0 amide bonds. The Morgan fingerprint density at radius 1 is 1.24 bits per heavy atom. The van der Waals surface area contributed by atoms with Crippen LogP contribution in [0, 0.1) is 10.1 Å². The molecular formula is C11H17N3O7. The highest BCUT2D eigenvalue weighted by Gasteiger charge is 2.30. The average Bonchev–Trinajstić information content (AvgIpc) is 2.50. The van der Waals surface area contributed by atoms with Crippen molar-refractivity contribution < 1.29 is 30.5 Å². The van der Waals surface area contributed by atoms with Gasteiger partial charge in [0.05, 0.1) is 17.6 Å². The van der Waals surface area contributed by atoms with E-state index in [0.29, 0.717) is 0 Å². The zero-order chi connectivity index (χ0) is 16.0. The lowest BCUT2D eigenvalue weighted by molar-refractivity contribution is -0.384. The van der Waals surface area contributed by atoms with Crippen LogP contribution in [0.4, 0.5) is 11.5 Å². The quantitative estimate of drug-likeness (QED) is 0.231. The summed E-state index contributed by atoms with van der Waals surface area (Å²) < 4.78 is 0. The SMILES string of the molecule is O=[N+]([O-])c1cccnc1NC[C@H](O)[C@@H](O)[C@@H](O)[C@H](O)CO. The molecule has 0 spiro atoms. The Labute approximate surface area is 119 Å². The van der Waals surface area contributed by atoms with Gasteiger partial charge in [0.1, 0.15) is 18.3 Å². The van der Waals surface area contributed by atoms with E-state index >= 15 is 0 Å². The van der Waals surface area contributed by atoms with Gasteiger partial charge in [0, 0.05) is 18.8 Å². The van der Waals surface area contributed by atoms with Crippen molar-refractivity contribution in [2.45, 2.75) is 24.4 Å². The first kappa shape index (κ1) is 17.2. The number of nitrogens with zero attached hydrogens (tertiary/aromatic N) is 2. The van der Waals surface area contributed by atoms with Crippen molar-refractivity contribution in [3.8, 4) is 0 Å². The second kappa shape index (κ2) is 7.81. The summed E-state index contributed by atoms with van der Waals surface area (Å²) in [5, 5.41) is 59.7. The smallest absolute Gasteiger partial charge is 0.311 e. The van der Waals surface area contributed by atoms with Crippen LogP contribution in [0.25, 0.3) is 0 Å². The van der Waals surface area contributed by atoms with Crippen LogP contribution in [0.2, 0.25) is 0 Å². The molecule has 4 atom stereocenters. The number of pyridine rings is 1. The van der Waals surface area contributed by atoms with E-state index in [1.807, 2.05) is 0 Å². The molecule has 0 radical (unpaired) electrons. The number of nitrogens with one attached hydrogen (secondary N) is 1. The van der Waals surface area contributed by atoms with Crippen LogP contribution in [0.1, 0.15) is 0 Å². The van der Waals surface area contributed by atoms with E-state index in [1.54, 1.807) is 0 Å². The molecule has 118 valence electrons. The topological polar surface area (TPSA) is 169 Å². The summed E-state index contributed by atoms with van der Waals surface area (Å²) in [6.07, 6.45) is -5.35. The molecule has 1 aromatic rings. The number of rotatable bonds is 8. The fraction of sp³-hybridized carbons (Fsp3) is 0.545. The molecule has 1 heterocycles. The summed E-state index contributed by atoms with van der Waals surface area (Å²) in [7, 11) is 0. The summed E-state index contributed by atoms with van der Waals surface area (Å²) in [6, 6.07) is 2.58. The van der Waals surface area contributed by atoms with Gasteiger partial charge in [-0.2, -0.15) is 0 Å². The second-order valence-corrected chi connectivity index (χ2v) is 4.31. The predicted octanol–water partition coefficient (Wildman–Crippen LogP) is -2.16. The molecule has 0 saturated heterocycles. The maximum Gasteiger partial charge on any atom is 0.311 e. The first-order chi connectivity index (χ1) is 9.88. The van der Waals surface area contributed by atoms with Gasteiger partial charge in [-0.1, -0.05) is 0 Å². The minimum Gasteiger partial charge on any atom is -0.394 e. The second-order valence-electron chi connectivity index (χ2n) is 4.31. The van der Waals surface area contributed by atoms with Crippen LogP contribution in [-0.2, 0) is 0 Å². The number of aliphatic hydroxyl groups excluding tert-OH is 5. The Hall–Kier alpha value is -1.85. The molecule has 0 aliphatic heterocycles. The number of hydrogen-bond acceptors (Lipinski definition) is 9. The first-order valence-corrected chi connectivity index (χ1v) is 6.04. The molecule has 0 aliphatic carbocycles. The predicted molar refractivity (Wildman–Crippen MR) is 70.5 cm³/mol. The zero-order valence-electron chi connectivity index (χ0n) is 10.9. The highest BCUT2D eigenvalue weighted by Crippen LogP contribution is 2.20. The first-order valence-electron chi connectivity index (χ1n) is 6.04. The highest BCUT2D eigenvalue weighted by molar-refractivity contribution is 5.55. The molecule has 21 heavy (non-hydrogen) atoms. The molecular weight excluding hydrogens is 286 g/mol. The summed E-state index contributed by atoms with van der Waals surface area (Å²) >= 11 is 0. The molecule has 10 nitrogen and oxygen atoms in total. The average molecular weight is 303 g/mol. The molecule has 0 fully saturated rings. The number of aromatic nitrogens is 1. The van der Waals surface area contributed by atoms with Gasteiger partial charge in [0.15, 0.2) is 0 Å². The largest absolute Gasteiger partial charge is 0.394 e. The molecule has 10 heteroatoms. The minimum absolute atomic E-state index is 0.106. The van der Waals surface area contributed by atoms with Crippen LogP contribution in [0.15, 0.2) is 18.3 Å². The zero-order valence-corrected chi connectivity index (χ0v) is 10.9. The standard InChI is InChI=1S/C11H17N3O7/c15-5-8(17)10(19)9(18)7(16)4-13-11-6(14(20)21)2-1-3-12-11/h1-3,7-10,15-19H,4-5H2,(H,12,13)/t7-,8+,9+,10-/m0/s1. The van der Waals surface area contributed by atoms with Crippen molar-refractivity contribution in [2.75, 3.05) is 18.5 Å². The number of nitro groups is 1. The van der Waals surface area contributed by atoms with Crippen molar-refractivity contribution in [3.05, 3.63) is 28.4 Å². The van der Waals surface area contributed by atoms with Gasteiger partial charge in [0.2, 0.25) is 5.82 Å². The maximum atomic E-state index is 10.7. The van der Waals surface area contributed by atoms with Gasteiger partial charge in [0.25, 0.3) is 0 Å². The Morgan fingerprint density at radius 3 is 2.43 bits per heavy atom. The summed E-state index contributed by atoms with van der Waals surface area (Å²) in [5.74, 6) is -0.106. The minimum atomic E-state index is -1.76. The monoisotopic (exact) mass is 303 g/mol. The van der Waals surface area contributed by atoms with Gasteiger partial charge in [-0.3, -0.25) is 10.1 Å². The van der Waals surface area contributed by atoms with Crippen LogP contribution >= 0.6 is 0 Å². The van der Waals surface area contributed by atoms with Crippen molar-refractivity contribution >= 4 is 11.5 Å². The van der Waals surface area contributed by atoms with Crippen molar-refractivity contribution in [1.82, 2.24) is 4.98 Å². The van der Waals surface area contributed by atoms with E-state index in [0.717, 1.165) is 0 Å². The third-order valence-corrected chi connectivity index (χ3v) is 2.79. The lowest BCUT2D eigenvalue weighted by Gasteiger charge is -2.25. The molecule has 0 unspecified atom stereocenters. The van der Waals surface area contributed by atoms with Crippen molar-refractivity contribution in [1.29, 1.82) is 0 Å². The van der Waals surface area contributed by atoms with E-state index in [1.165, 1.54) is 18.3 Å². The van der Waals surface area contributed by atoms with E-state index in [4.69, 9.17) is 10.2 Å². The van der Waals surface area contributed by atoms with E-state index < -0.39 is 35.9 Å². The van der Waals surface area contributed by atoms with Gasteiger partial charge in [-0.25, -0.2) is 4.98 Å². The van der Waals surface area contributed by atoms with Gasteiger partial charge in [-0.15, -0.1) is 0 Å². The normalized spacial score (nSPS) is 16.8. The lowest BCUT2D eigenvalue weighted by Crippen LogP contribution is -2.48. The Kier molecular flexibility index (Phi) is 6.39. The molecule has 0 aliphatic rings. The fourth-order valence-electron chi connectivity index (χ4n) is 1.57. The summed E-state index contributed by atoms with van der Waals surface area (Å²) in [4.78, 5) is 13.8. The Bertz CT molecular complexity index is 473. The molecule has 0 bridgehead atoms. The van der Waals surface area contributed by atoms with Gasteiger partial charge < -0.3 is 30.8 Å². The Balaban J connectivity index is 2.65. The highest BCUT2D eigenvalue weighted by atomic mass is 16.6. The maximum absolute atomic E-state index is 10.7.